The van der Waals surface area contributed by atoms with Crippen molar-refractivity contribution >= 4 is 29.2 Å². The molecule has 7 nitrogen and oxygen atoms in total. The Labute approximate surface area is 149 Å². The number of halogens is 1. The summed E-state index contributed by atoms with van der Waals surface area (Å²) in [6.45, 7) is 1.46. The number of methoxy groups -OCH3 is 2. The lowest BCUT2D eigenvalue weighted by Crippen LogP contribution is -2.30. The summed E-state index contributed by atoms with van der Waals surface area (Å²) in [5.74, 6) is -0.189. The molecule has 0 spiro atoms. The van der Waals surface area contributed by atoms with Crippen LogP contribution in [0.3, 0.4) is 0 Å². The van der Waals surface area contributed by atoms with Gasteiger partial charge in [0.1, 0.15) is 16.7 Å². The first-order valence-corrected chi connectivity index (χ1v) is 7.67. The first-order valence-electron chi connectivity index (χ1n) is 7.30. The lowest BCUT2D eigenvalue weighted by atomic mass is 10.2. The minimum absolute atomic E-state index is 0.160. The second-order valence-electron chi connectivity index (χ2n) is 4.97. The lowest BCUT2D eigenvalue weighted by Gasteiger charge is -2.16. The van der Waals surface area contributed by atoms with Crippen molar-refractivity contribution in [3.63, 3.8) is 0 Å². The zero-order chi connectivity index (χ0) is 18.4. The number of anilines is 1. The Morgan fingerprint density at radius 1 is 1.16 bits per heavy atom. The summed E-state index contributed by atoms with van der Waals surface area (Å²) in [4.78, 5) is 28.1. The van der Waals surface area contributed by atoms with Crippen molar-refractivity contribution in [1.82, 2.24) is 4.98 Å². The number of benzene rings is 1. The van der Waals surface area contributed by atoms with Crippen LogP contribution in [0, 0.1) is 0 Å². The van der Waals surface area contributed by atoms with Gasteiger partial charge in [0, 0.05) is 12.3 Å². The average Bonchev–Trinajstić information content (AvgIpc) is 2.61. The van der Waals surface area contributed by atoms with Gasteiger partial charge in [-0.2, -0.15) is 0 Å². The number of esters is 1. The van der Waals surface area contributed by atoms with Gasteiger partial charge in [-0.05, 0) is 31.2 Å². The van der Waals surface area contributed by atoms with Crippen molar-refractivity contribution in [3.8, 4) is 11.5 Å². The molecular formula is C17H17ClN2O5. The van der Waals surface area contributed by atoms with E-state index in [1.807, 2.05) is 0 Å². The number of nitrogens with one attached hydrogen (secondary N) is 1. The fourth-order valence-electron chi connectivity index (χ4n) is 1.96. The number of hydrogen-bond acceptors (Lipinski definition) is 6. The van der Waals surface area contributed by atoms with Crippen LogP contribution in [0.25, 0.3) is 0 Å². The van der Waals surface area contributed by atoms with Crippen LogP contribution in [-0.4, -0.2) is 37.2 Å². The minimum atomic E-state index is -1.03. The predicted octanol–water partition coefficient (Wildman–Crippen LogP) is 2.94. The summed E-state index contributed by atoms with van der Waals surface area (Å²) in [6, 6.07) is 7.77. The highest BCUT2D eigenvalue weighted by Gasteiger charge is 2.20. The van der Waals surface area contributed by atoms with E-state index in [0.717, 1.165) is 0 Å². The van der Waals surface area contributed by atoms with Crippen molar-refractivity contribution in [1.29, 1.82) is 0 Å². The lowest BCUT2D eigenvalue weighted by molar-refractivity contribution is -0.123. The summed E-state index contributed by atoms with van der Waals surface area (Å²) >= 11 is 5.73. The average molecular weight is 365 g/mol. The number of hydrogen-bond donors (Lipinski definition) is 1. The molecule has 1 aromatic heterocycles. The van der Waals surface area contributed by atoms with E-state index >= 15 is 0 Å². The number of aromatic nitrogens is 1. The summed E-state index contributed by atoms with van der Waals surface area (Å²) in [7, 11) is 2.99. The van der Waals surface area contributed by atoms with Crippen LogP contribution in [0.15, 0.2) is 36.5 Å². The highest BCUT2D eigenvalue weighted by atomic mass is 35.5. The number of pyridine rings is 1. The normalized spacial score (nSPS) is 11.4. The molecule has 1 atom stereocenters. The van der Waals surface area contributed by atoms with Gasteiger partial charge in [0.25, 0.3) is 5.91 Å². The van der Waals surface area contributed by atoms with Gasteiger partial charge < -0.3 is 19.5 Å². The zero-order valence-corrected chi connectivity index (χ0v) is 14.7. The smallest absolute Gasteiger partial charge is 0.339 e. The van der Waals surface area contributed by atoms with E-state index in [0.29, 0.717) is 17.2 Å². The fraction of sp³-hybridized carbons (Fsp3) is 0.235. The molecule has 0 aliphatic carbocycles. The topological polar surface area (TPSA) is 86.8 Å². The molecule has 1 amide bonds. The highest BCUT2D eigenvalue weighted by Crippen LogP contribution is 2.29. The van der Waals surface area contributed by atoms with E-state index < -0.39 is 18.0 Å². The number of ether oxygens (including phenoxy) is 3. The largest absolute Gasteiger partial charge is 0.497 e. The predicted molar refractivity (Wildman–Crippen MR) is 92.3 cm³/mol. The van der Waals surface area contributed by atoms with E-state index in [9.17, 15) is 9.59 Å². The Kier molecular flexibility index (Phi) is 6.19. The van der Waals surface area contributed by atoms with E-state index in [1.54, 1.807) is 18.2 Å². The van der Waals surface area contributed by atoms with Gasteiger partial charge in [-0.15, -0.1) is 0 Å². The molecule has 0 aliphatic rings. The highest BCUT2D eigenvalue weighted by molar-refractivity contribution is 6.29. The summed E-state index contributed by atoms with van der Waals surface area (Å²) in [5, 5.41) is 2.80. The first-order chi connectivity index (χ1) is 11.9. The molecule has 1 aromatic carbocycles. The molecule has 8 heteroatoms. The standard InChI is InChI=1S/C17H17ClN2O5/c1-10(25-17(22)11-6-7-19-15(18)8-11)16(21)20-13-9-12(23-2)4-5-14(13)24-3/h4-10H,1-3H3,(H,20,21). The maximum absolute atomic E-state index is 12.3. The van der Waals surface area contributed by atoms with Gasteiger partial charge in [-0.25, -0.2) is 9.78 Å². The molecule has 0 saturated heterocycles. The first kappa shape index (κ1) is 18.5. The van der Waals surface area contributed by atoms with E-state index in [2.05, 4.69) is 10.3 Å². The number of carbonyl (C=O) groups excluding carboxylic acids is 2. The summed E-state index contributed by atoms with van der Waals surface area (Å²) in [6.07, 6.45) is 0.348. The molecule has 2 aromatic rings. The van der Waals surface area contributed by atoms with Crippen LogP contribution in [0.5, 0.6) is 11.5 Å². The van der Waals surface area contributed by atoms with E-state index in [4.69, 9.17) is 25.8 Å². The van der Waals surface area contributed by atoms with Gasteiger partial charge in [-0.3, -0.25) is 4.79 Å². The number of carbonyl (C=O) groups is 2. The Morgan fingerprint density at radius 2 is 1.92 bits per heavy atom. The van der Waals surface area contributed by atoms with Crippen molar-refractivity contribution in [2.75, 3.05) is 19.5 Å². The van der Waals surface area contributed by atoms with Crippen LogP contribution < -0.4 is 14.8 Å². The third-order valence-electron chi connectivity index (χ3n) is 3.28. The molecule has 1 N–H and O–H groups in total. The Morgan fingerprint density at radius 3 is 2.56 bits per heavy atom. The van der Waals surface area contributed by atoms with Crippen molar-refractivity contribution in [2.45, 2.75) is 13.0 Å². The molecule has 0 saturated carbocycles. The number of rotatable bonds is 6. The maximum atomic E-state index is 12.3. The third kappa shape index (κ3) is 4.84. The zero-order valence-electron chi connectivity index (χ0n) is 13.9. The molecule has 0 radical (unpaired) electrons. The van der Waals surface area contributed by atoms with E-state index in [1.165, 1.54) is 39.5 Å². The van der Waals surface area contributed by atoms with Crippen molar-refractivity contribution in [2.24, 2.45) is 0 Å². The van der Waals surface area contributed by atoms with Crippen LogP contribution in [0.2, 0.25) is 5.15 Å². The molecule has 0 aliphatic heterocycles. The second-order valence-corrected chi connectivity index (χ2v) is 5.36. The van der Waals surface area contributed by atoms with Crippen molar-refractivity contribution < 1.29 is 23.8 Å². The molecule has 0 bridgehead atoms. The Balaban J connectivity index is 2.06. The quantitative estimate of drug-likeness (QED) is 0.626. The number of nitrogens with zero attached hydrogens (tertiary/aromatic N) is 1. The number of amides is 1. The monoisotopic (exact) mass is 364 g/mol. The van der Waals surface area contributed by atoms with Crippen LogP contribution in [-0.2, 0) is 9.53 Å². The van der Waals surface area contributed by atoms with E-state index in [-0.39, 0.29) is 10.7 Å². The molecule has 1 unspecified atom stereocenters. The summed E-state index contributed by atoms with van der Waals surface area (Å²) in [5.41, 5.74) is 0.611. The molecule has 132 valence electrons. The molecule has 1 heterocycles. The molecule has 2 rings (SSSR count). The SMILES string of the molecule is COc1ccc(OC)c(NC(=O)C(C)OC(=O)c2ccnc(Cl)c2)c1. The third-order valence-corrected chi connectivity index (χ3v) is 3.49. The minimum Gasteiger partial charge on any atom is -0.497 e. The van der Waals surface area contributed by atoms with Gasteiger partial charge >= 0.3 is 5.97 Å². The van der Waals surface area contributed by atoms with Gasteiger partial charge in [-0.1, -0.05) is 11.6 Å². The Bertz CT molecular complexity index is 781. The molecular weight excluding hydrogens is 348 g/mol. The Hall–Kier alpha value is -2.80. The van der Waals surface area contributed by atoms with Crippen molar-refractivity contribution in [3.05, 3.63) is 47.2 Å². The fourth-order valence-corrected chi connectivity index (χ4v) is 2.13. The van der Waals surface area contributed by atoms with Crippen LogP contribution in [0.1, 0.15) is 17.3 Å². The van der Waals surface area contributed by atoms with Gasteiger partial charge in [0.2, 0.25) is 0 Å². The molecule has 25 heavy (non-hydrogen) atoms. The van der Waals surface area contributed by atoms with Crippen LogP contribution in [0.4, 0.5) is 5.69 Å². The maximum Gasteiger partial charge on any atom is 0.339 e. The van der Waals surface area contributed by atoms with Crippen LogP contribution >= 0.6 is 11.6 Å². The van der Waals surface area contributed by atoms with Gasteiger partial charge in [0.15, 0.2) is 6.10 Å². The molecule has 0 fully saturated rings. The van der Waals surface area contributed by atoms with Gasteiger partial charge in [0.05, 0.1) is 25.5 Å². The summed E-state index contributed by atoms with van der Waals surface area (Å²) < 4.78 is 15.5. The second kappa shape index (κ2) is 8.34.